The number of anilines is 2. The molecular weight excluding hydrogens is 955 g/mol. The quantitative estimate of drug-likeness (QED) is 0.0433. The Balaban J connectivity index is 0.000000224. The Morgan fingerprint density at radius 2 is 1.40 bits per heavy atom. The normalized spacial score (nSPS) is 14.7. The van der Waals surface area contributed by atoms with Gasteiger partial charge < -0.3 is 69.2 Å². The lowest BCUT2D eigenvalue weighted by atomic mass is 9.69. The number of piperazine rings is 1. The van der Waals surface area contributed by atoms with Gasteiger partial charge in [0.1, 0.15) is 5.82 Å². The number of nitrogens with zero attached hydrogens (tertiary/aromatic N) is 7. The minimum atomic E-state index is -0.580. The number of carbonyl (C=O) groups is 1. The molecule has 0 aliphatic carbocycles. The molecule has 0 saturated carbocycles. The highest BCUT2D eigenvalue weighted by Gasteiger charge is 2.36. The number of carbonyl (C=O) groups excluding carboxylic acids is 1. The molecule has 408 valence electrons. The second-order valence-corrected chi connectivity index (χ2v) is 19.0. The summed E-state index contributed by atoms with van der Waals surface area (Å²) in [6.07, 6.45) is 10.9. The van der Waals surface area contributed by atoms with Crippen LogP contribution in [0.15, 0.2) is 71.3 Å². The number of ether oxygens (including phenoxy) is 6. The summed E-state index contributed by atoms with van der Waals surface area (Å²) < 4.78 is 37.5. The number of amides is 1. The van der Waals surface area contributed by atoms with E-state index in [1.54, 1.807) is 71.8 Å². The van der Waals surface area contributed by atoms with Crippen molar-refractivity contribution in [3.05, 3.63) is 83.8 Å². The number of nitriles is 1. The smallest absolute Gasteiger partial charge is 0.289 e. The first-order valence-corrected chi connectivity index (χ1v) is 25.8. The Kier molecular flexibility index (Phi) is 23.2. The second-order valence-electron chi connectivity index (χ2n) is 19.0. The minimum absolute atomic E-state index is 0.0806. The van der Waals surface area contributed by atoms with Crippen LogP contribution in [0.5, 0.6) is 34.5 Å². The molecule has 1 atom stereocenters. The summed E-state index contributed by atoms with van der Waals surface area (Å²) in [5.74, 6) is 5.35. The standard InChI is InChI=1S/C27H38N2O4.C19H21N5O4.C10H22N4/c1-20(2)27(19-28,22-10-12-24(31-5)26(18-22)33-7)14-8-15-29(3)16-13-21-9-11-23(30-4)25(17-21)32-6;1-26-15-10-12-13(11-16(15)27-2)21-19(22-17(12)20)24-7-5-23(6-8-24)18(25)14-4-3-9-28-14;11-10(12)13-6-9-14-7-4-2-1-3-5-8-14/h9-12,17-18,20H,8,13-16H2,1-7H3;3-4,9-11H,5-8H2,1-2H3,(H2,20,21,22);1-9H2,(H4,11,12,13). The van der Waals surface area contributed by atoms with Crippen LogP contribution in [-0.4, -0.2) is 152 Å². The molecule has 7 rings (SSSR count). The molecule has 19 heteroatoms. The van der Waals surface area contributed by atoms with Crippen molar-refractivity contribution in [1.82, 2.24) is 30.0 Å². The topological polar surface area (TPSA) is 236 Å². The molecule has 19 nitrogen and oxygen atoms in total. The fourth-order valence-electron chi connectivity index (χ4n) is 9.38. The fourth-order valence-corrected chi connectivity index (χ4v) is 9.38. The van der Waals surface area contributed by atoms with Gasteiger partial charge in [0.2, 0.25) is 5.95 Å². The molecule has 1 unspecified atom stereocenters. The van der Waals surface area contributed by atoms with Gasteiger partial charge in [0.15, 0.2) is 46.2 Å². The largest absolute Gasteiger partial charge is 0.493 e. The van der Waals surface area contributed by atoms with E-state index in [-0.39, 0.29) is 17.8 Å². The monoisotopic (exact) mass is 1040 g/mol. The molecule has 3 aromatic carbocycles. The van der Waals surface area contributed by atoms with Crippen LogP contribution in [-0.2, 0) is 11.8 Å². The van der Waals surface area contributed by atoms with Crippen molar-refractivity contribution in [1.29, 1.82) is 10.7 Å². The lowest BCUT2D eigenvalue weighted by Gasteiger charge is -2.34. The van der Waals surface area contributed by atoms with Crippen LogP contribution >= 0.6 is 0 Å². The maximum absolute atomic E-state index is 12.4. The number of likely N-dealkylation sites (tertiary alicyclic amines) is 1. The number of hydrogen-bond donors (Lipinski definition) is 4. The van der Waals surface area contributed by atoms with Crippen molar-refractivity contribution < 1.29 is 37.6 Å². The number of rotatable bonds is 20. The molecule has 0 spiro atoms. The van der Waals surface area contributed by atoms with Gasteiger partial charge in [-0.3, -0.25) is 10.2 Å². The Morgan fingerprint density at radius 1 is 0.800 bits per heavy atom. The van der Waals surface area contributed by atoms with Gasteiger partial charge in [0.25, 0.3) is 5.91 Å². The van der Waals surface area contributed by atoms with Crippen molar-refractivity contribution in [3.63, 3.8) is 0 Å². The van der Waals surface area contributed by atoms with Crippen molar-refractivity contribution in [3.8, 4) is 40.6 Å². The summed E-state index contributed by atoms with van der Waals surface area (Å²) in [6.45, 7) is 12.6. The van der Waals surface area contributed by atoms with Gasteiger partial charge in [-0.25, -0.2) is 4.98 Å². The van der Waals surface area contributed by atoms with Crippen molar-refractivity contribution >= 4 is 34.5 Å². The Hall–Kier alpha value is -7.17. The third kappa shape index (κ3) is 16.4. The molecule has 0 bridgehead atoms. The first-order valence-electron chi connectivity index (χ1n) is 25.8. The van der Waals surface area contributed by atoms with Gasteiger partial charge in [-0.15, -0.1) is 0 Å². The number of methoxy groups -OCH3 is 6. The lowest BCUT2D eigenvalue weighted by Crippen LogP contribution is -2.49. The number of guanidine groups is 1. The van der Waals surface area contributed by atoms with E-state index in [1.807, 2.05) is 35.2 Å². The molecule has 2 saturated heterocycles. The molecule has 2 aromatic heterocycles. The van der Waals surface area contributed by atoms with Gasteiger partial charge in [0.05, 0.1) is 65.9 Å². The number of benzene rings is 3. The zero-order valence-corrected chi connectivity index (χ0v) is 45.7. The Bertz CT molecular complexity index is 2590. The summed E-state index contributed by atoms with van der Waals surface area (Å²) >= 11 is 0. The number of nitrogen functional groups attached to an aromatic ring is 1. The molecule has 5 aromatic rings. The van der Waals surface area contributed by atoms with Crippen LogP contribution in [0.2, 0.25) is 0 Å². The van der Waals surface area contributed by atoms with E-state index in [0.29, 0.717) is 77.6 Å². The predicted octanol–water partition coefficient (Wildman–Crippen LogP) is 7.61. The maximum atomic E-state index is 12.4. The maximum Gasteiger partial charge on any atom is 0.289 e. The molecule has 4 heterocycles. The number of likely N-dealkylation sites (N-methyl/N-ethyl adjacent to an activating group) is 1. The van der Waals surface area contributed by atoms with Gasteiger partial charge in [-0.1, -0.05) is 45.2 Å². The summed E-state index contributed by atoms with van der Waals surface area (Å²) in [7, 11) is 11.8. The van der Waals surface area contributed by atoms with Crippen molar-refractivity contribution in [2.45, 2.75) is 70.6 Å². The van der Waals surface area contributed by atoms with Crippen LogP contribution in [0, 0.1) is 22.7 Å². The van der Waals surface area contributed by atoms with Crippen molar-refractivity contribution in [2.24, 2.45) is 11.7 Å². The van der Waals surface area contributed by atoms with Gasteiger partial charge in [-0.2, -0.15) is 10.2 Å². The number of hydrogen-bond acceptors (Lipinski definition) is 16. The third-order valence-electron chi connectivity index (χ3n) is 13.9. The number of nitrogens with two attached hydrogens (primary N) is 2. The summed E-state index contributed by atoms with van der Waals surface area (Å²) in [5.41, 5.74) is 13.7. The van der Waals surface area contributed by atoms with Crippen LogP contribution in [0.1, 0.15) is 80.5 Å². The predicted molar refractivity (Wildman–Crippen MR) is 295 cm³/mol. The molecule has 2 aliphatic rings. The van der Waals surface area contributed by atoms with E-state index in [9.17, 15) is 10.1 Å². The van der Waals surface area contributed by atoms with Crippen LogP contribution in [0.4, 0.5) is 11.8 Å². The molecular formula is C56H81N11O8. The average molecular weight is 1040 g/mol. The second kappa shape index (κ2) is 29.7. The first-order chi connectivity index (χ1) is 36.2. The van der Waals surface area contributed by atoms with Gasteiger partial charge >= 0.3 is 0 Å². The SMILES string of the molecule is COc1cc2nc(N3CCN(C(=O)c4ccco4)CC3)nc(N)c2cc1OC.COc1ccc(CCN(C)CCCC(C#N)(c2ccc(OC)c(OC)c2)C(C)C)cc1OC.N=C(N)NCCN1CCCCCCC1. The zero-order chi connectivity index (χ0) is 54.3. The number of nitrogens with one attached hydrogen (secondary N) is 2. The highest BCUT2D eigenvalue weighted by atomic mass is 16.5. The van der Waals surface area contributed by atoms with E-state index >= 15 is 0 Å². The molecule has 75 heavy (non-hydrogen) atoms. The van der Waals surface area contributed by atoms with E-state index in [0.717, 1.165) is 62.5 Å². The van der Waals surface area contributed by atoms with E-state index < -0.39 is 5.41 Å². The lowest BCUT2D eigenvalue weighted by molar-refractivity contribution is 0.0714. The molecule has 6 N–H and O–H groups in total. The van der Waals surface area contributed by atoms with Crippen LogP contribution in [0.3, 0.4) is 0 Å². The van der Waals surface area contributed by atoms with E-state index in [1.165, 1.54) is 57.0 Å². The first kappa shape index (κ1) is 58.7. The molecule has 1 amide bonds. The summed E-state index contributed by atoms with van der Waals surface area (Å²) in [5, 5.41) is 20.8. The highest BCUT2D eigenvalue weighted by Crippen LogP contribution is 2.41. The Labute approximate surface area is 443 Å². The van der Waals surface area contributed by atoms with Crippen molar-refractivity contribution in [2.75, 3.05) is 126 Å². The molecule has 0 radical (unpaired) electrons. The van der Waals surface area contributed by atoms with E-state index in [4.69, 9.17) is 49.7 Å². The minimum Gasteiger partial charge on any atom is -0.493 e. The van der Waals surface area contributed by atoms with Gasteiger partial charge in [0, 0.05) is 57.3 Å². The fraction of sp³-hybridized carbons (Fsp3) is 0.518. The molecule has 2 aliphatic heterocycles. The summed E-state index contributed by atoms with van der Waals surface area (Å²) in [6, 6.07) is 21.4. The number of fused-ring (bicyclic) bond motifs is 1. The zero-order valence-electron chi connectivity index (χ0n) is 45.7. The molecule has 2 fully saturated rings. The van der Waals surface area contributed by atoms with Crippen LogP contribution < -0.4 is 50.1 Å². The highest BCUT2D eigenvalue weighted by molar-refractivity contribution is 5.92. The average Bonchev–Trinajstić information content (AvgIpc) is 3.97. The number of aromatic nitrogens is 2. The Morgan fingerprint density at radius 3 is 1.99 bits per heavy atom. The summed E-state index contributed by atoms with van der Waals surface area (Å²) in [4.78, 5) is 30.0. The third-order valence-corrected chi connectivity index (χ3v) is 13.9. The van der Waals surface area contributed by atoms with Crippen LogP contribution in [0.25, 0.3) is 10.9 Å². The van der Waals surface area contributed by atoms with E-state index in [2.05, 4.69) is 58.1 Å². The number of furan rings is 1. The van der Waals surface area contributed by atoms with Gasteiger partial charge in [-0.05, 0) is 118 Å².